The zero-order valence-corrected chi connectivity index (χ0v) is 8.29. The van der Waals surface area contributed by atoms with Gasteiger partial charge in [-0.2, -0.15) is 0 Å². The molecular weight excluding hydrogens is 232 g/mol. The number of hydrogen-bond donors (Lipinski definition) is 0. The lowest BCUT2D eigenvalue weighted by Gasteiger charge is -1.93. The van der Waals surface area contributed by atoms with E-state index in [1.807, 2.05) is 0 Å². The first kappa shape index (κ1) is 8.70. The summed E-state index contributed by atoms with van der Waals surface area (Å²) in [6.07, 6.45) is 3.25. The predicted molar refractivity (Wildman–Crippen MR) is 45.7 cm³/mol. The number of rotatable bonds is 2. The Hall–Kier alpha value is 0.700. The molecule has 0 aromatic carbocycles. The fourth-order valence-corrected chi connectivity index (χ4v) is 0.699. The van der Waals surface area contributed by atoms with Crippen LogP contribution in [-0.2, 0) is 0 Å². The van der Waals surface area contributed by atoms with Crippen LogP contribution >= 0.6 is 31.9 Å². The van der Waals surface area contributed by atoms with E-state index < -0.39 is 0 Å². The van der Waals surface area contributed by atoms with E-state index in [2.05, 4.69) is 51.8 Å². The lowest BCUT2D eigenvalue weighted by Crippen LogP contribution is -1.79. The minimum Gasteiger partial charge on any atom is -0.0839 e. The maximum atomic E-state index is 3.37. The Morgan fingerprint density at radius 3 is 2.12 bits per heavy atom. The molecule has 0 bridgehead atoms. The molecule has 0 unspecified atom stereocenters. The second-order valence-corrected chi connectivity index (χ2v) is 5.35. The van der Waals surface area contributed by atoms with Crippen LogP contribution in [0.3, 0.4) is 0 Å². The fraction of sp³-hybridized carbons (Fsp3) is 0.667. The molecule has 8 heavy (non-hydrogen) atoms. The fourth-order valence-electron chi connectivity index (χ4n) is 0.325. The summed E-state index contributed by atoms with van der Waals surface area (Å²) >= 11 is 6.75. The lowest BCUT2D eigenvalue weighted by molar-refractivity contribution is 1.17. The first-order chi connectivity index (χ1) is 3.63. The zero-order chi connectivity index (χ0) is 6.57. The van der Waals surface area contributed by atoms with E-state index in [0.717, 1.165) is 6.42 Å². The van der Waals surface area contributed by atoms with Crippen molar-refractivity contribution in [1.29, 1.82) is 0 Å². The number of halogens is 2. The van der Waals surface area contributed by atoms with Gasteiger partial charge >= 0.3 is 0 Å². The van der Waals surface area contributed by atoms with Crippen molar-refractivity contribution in [2.24, 2.45) is 0 Å². The van der Waals surface area contributed by atoms with Crippen molar-refractivity contribution in [3.05, 3.63) is 11.6 Å². The Balaban J connectivity index is 3.29. The molecule has 0 spiro atoms. The normalized spacial score (nSPS) is 9.62. The van der Waals surface area contributed by atoms with Crippen LogP contribution in [0, 0.1) is 0 Å². The molecule has 0 aromatic heterocycles. The van der Waals surface area contributed by atoms with Crippen molar-refractivity contribution in [2.75, 3.05) is 0 Å². The molecule has 0 saturated carbocycles. The Bertz CT molecular complexity index is 80.5. The molecule has 0 radical (unpaired) electrons. The van der Waals surface area contributed by atoms with Gasteiger partial charge in [0.1, 0.15) is 0 Å². The van der Waals surface area contributed by atoms with Crippen molar-refractivity contribution in [2.45, 2.75) is 24.0 Å². The molecule has 0 nitrogen and oxygen atoms in total. The topological polar surface area (TPSA) is 0 Å². The first-order valence-electron chi connectivity index (χ1n) is 2.54. The van der Waals surface area contributed by atoms with Crippen molar-refractivity contribution < 1.29 is 0 Å². The number of allylic oxidation sites excluding steroid dienone is 2. The van der Waals surface area contributed by atoms with E-state index in [4.69, 9.17) is 0 Å². The third-order valence-electron chi connectivity index (χ3n) is 0.704. The van der Waals surface area contributed by atoms with E-state index in [9.17, 15) is 0 Å². The molecule has 0 fully saturated rings. The van der Waals surface area contributed by atoms with Crippen molar-refractivity contribution in [3.8, 4) is 0 Å². The van der Waals surface area contributed by atoms with Gasteiger partial charge in [-0.05, 0) is 20.3 Å². The zero-order valence-electron chi connectivity index (χ0n) is 5.12. The molecule has 0 aromatic rings. The predicted octanol–water partition coefficient (Wildman–Crippen LogP) is 3.46. The van der Waals surface area contributed by atoms with Crippen LogP contribution in [0.2, 0.25) is 0 Å². The van der Waals surface area contributed by atoms with E-state index in [1.165, 1.54) is 5.57 Å². The average molecular weight is 242 g/mol. The van der Waals surface area contributed by atoms with Gasteiger partial charge in [-0.15, -0.1) is 0 Å². The Labute approximate surface area is 67.6 Å². The summed E-state index contributed by atoms with van der Waals surface area (Å²) in [6.45, 7) is 4.20. The standard InChI is InChI=1S/C6H10Br2/c1-5(2)3-4-6(7)8/h3,6H,4H2,1-2H3. The van der Waals surface area contributed by atoms with E-state index in [0.29, 0.717) is 3.74 Å². The van der Waals surface area contributed by atoms with Crippen molar-refractivity contribution in [1.82, 2.24) is 0 Å². The van der Waals surface area contributed by atoms with Crippen molar-refractivity contribution >= 4 is 31.9 Å². The van der Waals surface area contributed by atoms with Crippen molar-refractivity contribution in [3.63, 3.8) is 0 Å². The van der Waals surface area contributed by atoms with Crippen LogP contribution in [0.4, 0.5) is 0 Å². The third kappa shape index (κ3) is 6.70. The summed E-state index contributed by atoms with van der Waals surface area (Å²) in [5.41, 5.74) is 1.37. The molecule has 0 aliphatic heterocycles. The molecule has 0 saturated heterocycles. The molecule has 0 rings (SSSR count). The van der Waals surface area contributed by atoms with Gasteiger partial charge in [-0.25, -0.2) is 0 Å². The van der Waals surface area contributed by atoms with Gasteiger partial charge < -0.3 is 0 Å². The van der Waals surface area contributed by atoms with E-state index >= 15 is 0 Å². The van der Waals surface area contributed by atoms with Gasteiger partial charge in [0.2, 0.25) is 0 Å². The highest BCUT2D eigenvalue weighted by molar-refractivity contribution is 9.24. The van der Waals surface area contributed by atoms with Gasteiger partial charge in [0.25, 0.3) is 0 Å². The Kier molecular flexibility index (Phi) is 4.97. The summed E-state index contributed by atoms with van der Waals surface area (Å²) < 4.78 is 0.435. The highest BCUT2D eigenvalue weighted by Gasteiger charge is 1.90. The Morgan fingerprint density at radius 2 is 2.00 bits per heavy atom. The molecular formula is C6H10Br2. The maximum absolute atomic E-state index is 3.37. The maximum Gasteiger partial charge on any atom is 0.0732 e. The molecule has 0 atom stereocenters. The molecule has 0 heterocycles. The van der Waals surface area contributed by atoms with E-state index in [1.54, 1.807) is 0 Å². The Morgan fingerprint density at radius 1 is 1.50 bits per heavy atom. The molecule has 0 aliphatic carbocycles. The summed E-state index contributed by atoms with van der Waals surface area (Å²) in [4.78, 5) is 0. The summed E-state index contributed by atoms with van der Waals surface area (Å²) in [5, 5.41) is 0. The van der Waals surface area contributed by atoms with Gasteiger partial charge in [0.05, 0.1) is 3.74 Å². The second kappa shape index (κ2) is 4.57. The summed E-state index contributed by atoms with van der Waals surface area (Å²) in [6, 6.07) is 0. The van der Waals surface area contributed by atoms with E-state index in [-0.39, 0.29) is 0 Å². The summed E-state index contributed by atoms with van der Waals surface area (Å²) in [7, 11) is 0. The van der Waals surface area contributed by atoms with Gasteiger partial charge in [-0.3, -0.25) is 0 Å². The van der Waals surface area contributed by atoms with Crippen LogP contribution < -0.4 is 0 Å². The lowest BCUT2D eigenvalue weighted by atomic mass is 10.3. The minimum absolute atomic E-state index is 0.435. The molecule has 2 heteroatoms. The molecule has 0 N–H and O–H groups in total. The van der Waals surface area contributed by atoms with Gasteiger partial charge in [0.15, 0.2) is 0 Å². The quantitative estimate of drug-likeness (QED) is 0.513. The van der Waals surface area contributed by atoms with Crippen LogP contribution in [-0.4, -0.2) is 3.74 Å². The minimum atomic E-state index is 0.435. The third-order valence-corrected chi connectivity index (χ3v) is 1.45. The molecule has 0 amide bonds. The monoisotopic (exact) mass is 240 g/mol. The smallest absolute Gasteiger partial charge is 0.0732 e. The van der Waals surface area contributed by atoms with Gasteiger partial charge in [0, 0.05) is 0 Å². The highest BCUT2D eigenvalue weighted by atomic mass is 79.9. The molecule has 0 aliphatic rings. The first-order valence-corrected chi connectivity index (χ1v) is 4.37. The largest absolute Gasteiger partial charge is 0.0839 e. The van der Waals surface area contributed by atoms with Crippen LogP contribution in [0.5, 0.6) is 0 Å². The highest BCUT2D eigenvalue weighted by Crippen LogP contribution is 2.13. The molecule has 48 valence electrons. The number of alkyl halides is 2. The van der Waals surface area contributed by atoms with Gasteiger partial charge in [-0.1, -0.05) is 43.5 Å². The SMILES string of the molecule is CC(C)=CCC(Br)Br. The average Bonchev–Trinajstić information content (AvgIpc) is 1.61. The number of hydrogen-bond acceptors (Lipinski definition) is 0. The van der Waals surface area contributed by atoms with Crippen LogP contribution in [0.25, 0.3) is 0 Å². The second-order valence-electron chi connectivity index (χ2n) is 1.91. The summed E-state index contributed by atoms with van der Waals surface area (Å²) in [5.74, 6) is 0. The van der Waals surface area contributed by atoms with Crippen LogP contribution in [0.1, 0.15) is 20.3 Å². The van der Waals surface area contributed by atoms with Crippen LogP contribution in [0.15, 0.2) is 11.6 Å².